The Kier molecular flexibility index (Phi) is 4.97. The molecule has 2 aromatic carbocycles. The average molecular weight is 434 g/mol. The number of fused-ring (bicyclic) bond motifs is 2. The molecule has 3 aromatic rings. The first-order valence-corrected chi connectivity index (χ1v) is 10.3. The lowest BCUT2D eigenvalue weighted by molar-refractivity contribution is 0.0519. The number of aromatic nitrogens is 1. The van der Waals surface area contributed by atoms with E-state index >= 15 is 0 Å². The van der Waals surface area contributed by atoms with Crippen molar-refractivity contribution in [2.45, 2.75) is 13.0 Å². The van der Waals surface area contributed by atoms with Crippen molar-refractivity contribution >= 4 is 5.91 Å². The van der Waals surface area contributed by atoms with Crippen molar-refractivity contribution in [3.63, 3.8) is 0 Å². The second-order valence-corrected chi connectivity index (χ2v) is 7.77. The summed E-state index contributed by atoms with van der Waals surface area (Å²) >= 11 is 0. The SMILES string of the molecule is Cc1ccn(-c2ccc3c(c2)OCO3)c(=O)c1C(=O)N(C)CC1COc2ccccc2O1. The summed E-state index contributed by atoms with van der Waals surface area (Å²) in [4.78, 5) is 28.0. The topological polar surface area (TPSA) is 79.2 Å². The summed E-state index contributed by atoms with van der Waals surface area (Å²) < 4.78 is 23.9. The minimum absolute atomic E-state index is 0.116. The molecule has 164 valence electrons. The Morgan fingerprint density at radius 3 is 2.62 bits per heavy atom. The van der Waals surface area contributed by atoms with Gasteiger partial charge in [-0.2, -0.15) is 0 Å². The molecule has 8 heteroatoms. The Morgan fingerprint density at radius 1 is 1.03 bits per heavy atom. The number of pyridine rings is 1. The Morgan fingerprint density at radius 2 is 1.78 bits per heavy atom. The molecule has 1 amide bonds. The standard InChI is InChI=1S/C24H22N2O6/c1-15-9-10-26(16-7-8-19-21(11-16)31-14-30-19)24(28)22(15)23(27)25(2)12-17-13-29-18-5-3-4-6-20(18)32-17/h3-11,17H,12-14H2,1-2H3. The summed E-state index contributed by atoms with van der Waals surface area (Å²) in [6.45, 7) is 2.51. The molecule has 2 aliphatic rings. The summed E-state index contributed by atoms with van der Waals surface area (Å²) in [7, 11) is 1.66. The highest BCUT2D eigenvalue weighted by molar-refractivity contribution is 5.95. The summed E-state index contributed by atoms with van der Waals surface area (Å²) in [5, 5.41) is 0. The summed E-state index contributed by atoms with van der Waals surface area (Å²) in [6.07, 6.45) is 1.32. The maximum atomic E-state index is 13.3. The van der Waals surface area contributed by atoms with Gasteiger partial charge in [-0.15, -0.1) is 0 Å². The van der Waals surface area contributed by atoms with Crippen molar-refractivity contribution in [1.29, 1.82) is 0 Å². The number of benzene rings is 2. The highest BCUT2D eigenvalue weighted by atomic mass is 16.7. The number of amides is 1. The lowest BCUT2D eigenvalue weighted by Crippen LogP contribution is -2.43. The quantitative estimate of drug-likeness (QED) is 0.628. The van der Waals surface area contributed by atoms with Crippen molar-refractivity contribution in [3.8, 4) is 28.7 Å². The maximum Gasteiger partial charge on any atom is 0.268 e. The number of ether oxygens (including phenoxy) is 4. The second-order valence-electron chi connectivity index (χ2n) is 7.77. The average Bonchev–Trinajstić information content (AvgIpc) is 3.27. The van der Waals surface area contributed by atoms with Crippen molar-refractivity contribution in [3.05, 3.63) is 76.2 Å². The van der Waals surface area contributed by atoms with Gasteiger partial charge < -0.3 is 23.8 Å². The molecular weight excluding hydrogens is 412 g/mol. The fraction of sp³-hybridized carbons (Fsp3) is 0.250. The van der Waals surface area contributed by atoms with Gasteiger partial charge in [0.15, 0.2) is 29.1 Å². The van der Waals surface area contributed by atoms with E-state index in [0.29, 0.717) is 40.9 Å². The Bertz CT molecular complexity index is 1250. The van der Waals surface area contributed by atoms with Crippen LogP contribution in [0.15, 0.2) is 59.5 Å². The molecule has 0 radical (unpaired) electrons. The number of nitrogens with zero attached hydrogens (tertiary/aromatic N) is 2. The number of para-hydroxylation sites is 2. The van der Waals surface area contributed by atoms with Gasteiger partial charge in [-0.3, -0.25) is 14.2 Å². The number of rotatable bonds is 4. The minimum atomic E-state index is -0.396. The highest BCUT2D eigenvalue weighted by Gasteiger charge is 2.26. The molecule has 5 rings (SSSR count). The summed E-state index contributed by atoms with van der Waals surface area (Å²) in [5.74, 6) is 2.15. The molecule has 0 N–H and O–H groups in total. The number of likely N-dealkylation sites (N-methyl/N-ethyl adjacent to an activating group) is 1. The van der Waals surface area contributed by atoms with Gasteiger partial charge in [-0.25, -0.2) is 0 Å². The number of carbonyl (C=O) groups is 1. The molecule has 1 atom stereocenters. The Hall–Kier alpha value is -3.94. The van der Waals surface area contributed by atoms with E-state index in [0.717, 1.165) is 0 Å². The number of carbonyl (C=O) groups excluding carboxylic acids is 1. The van der Waals surface area contributed by atoms with E-state index in [2.05, 4.69) is 0 Å². The van der Waals surface area contributed by atoms with Crippen LogP contribution in [0.3, 0.4) is 0 Å². The van der Waals surface area contributed by atoms with Gasteiger partial charge >= 0.3 is 0 Å². The second kappa shape index (κ2) is 7.96. The first kappa shape index (κ1) is 20.0. The van der Waals surface area contributed by atoms with Crippen LogP contribution in [0.2, 0.25) is 0 Å². The normalized spacial score (nSPS) is 16.0. The van der Waals surface area contributed by atoms with Gasteiger partial charge in [-0.05, 0) is 42.8 Å². The first-order valence-electron chi connectivity index (χ1n) is 10.3. The van der Waals surface area contributed by atoms with Gasteiger partial charge in [0.05, 0.1) is 12.2 Å². The van der Waals surface area contributed by atoms with Crippen LogP contribution in [0.5, 0.6) is 23.0 Å². The molecule has 32 heavy (non-hydrogen) atoms. The zero-order valence-corrected chi connectivity index (χ0v) is 17.7. The van der Waals surface area contributed by atoms with E-state index < -0.39 is 5.56 Å². The fourth-order valence-electron chi connectivity index (χ4n) is 3.86. The first-order chi connectivity index (χ1) is 15.5. The predicted molar refractivity (Wildman–Crippen MR) is 116 cm³/mol. The lowest BCUT2D eigenvalue weighted by atomic mass is 10.1. The van der Waals surface area contributed by atoms with E-state index in [9.17, 15) is 9.59 Å². The maximum absolute atomic E-state index is 13.3. The van der Waals surface area contributed by atoms with Gasteiger partial charge in [0.25, 0.3) is 11.5 Å². The molecule has 0 fully saturated rings. The lowest BCUT2D eigenvalue weighted by Gasteiger charge is -2.29. The van der Waals surface area contributed by atoms with Crippen LogP contribution in [-0.4, -0.2) is 48.5 Å². The molecule has 3 heterocycles. The number of aryl methyl sites for hydroxylation is 1. The van der Waals surface area contributed by atoms with Crippen LogP contribution < -0.4 is 24.5 Å². The van der Waals surface area contributed by atoms with Crippen LogP contribution in [0.1, 0.15) is 15.9 Å². The molecule has 1 unspecified atom stereocenters. The smallest absolute Gasteiger partial charge is 0.268 e. The summed E-state index contributed by atoms with van der Waals surface area (Å²) in [6, 6.07) is 14.4. The molecule has 0 saturated heterocycles. The van der Waals surface area contributed by atoms with Crippen molar-refractivity contribution in [1.82, 2.24) is 9.47 Å². The Labute approximate surface area is 184 Å². The molecule has 1 aromatic heterocycles. The van der Waals surface area contributed by atoms with Gasteiger partial charge in [0.2, 0.25) is 6.79 Å². The molecule has 2 aliphatic heterocycles. The molecular formula is C24H22N2O6. The van der Waals surface area contributed by atoms with Crippen LogP contribution in [0.25, 0.3) is 5.69 Å². The van der Waals surface area contributed by atoms with E-state index in [4.69, 9.17) is 18.9 Å². The monoisotopic (exact) mass is 434 g/mol. The van der Waals surface area contributed by atoms with Crippen molar-refractivity contribution < 1.29 is 23.7 Å². The van der Waals surface area contributed by atoms with Crippen LogP contribution in [0, 0.1) is 6.92 Å². The fourth-order valence-corrected chi connectivity index (χ4v) is 3.86. The third kappa shape index (κ3) is 3.53. The Balaban J connectivity index is 1.39. The third-order valence-electron chi connectivity index (χ3n) is 5.54. The van der Waals surface area contributed by atoms with E-state index in [1.54, 1.807) is 44.4 Å². The third-order valence-corrected chi connectivity index (χ3v) is 5.54. The van der Waals surface area contributed by atoms with E-state index in [1.807, 2.05) is 24.3 Å². The van der Waals surface area contributed by atoms with E-state index in [-0.39, 0.29) is 30.9 Å². The molecule has 0 aliphatic carbocycles. The van der Waals surface area contributed by atoms with Gasteiger partial charge in [-0.1, -0.05) is 12.1 Å². The minimum Gasteiger partial charge on any atom is -0.486 e. The molecule has 0 bridgehead atoms. The number of hydrogen-bond donors (Lipinski definition) is 0. The van der Waals surface area contributed by atoms with Crippen LogP contribution >= 0.6 is 0 Å². The zero-order chi connectivity index (χ0) is 22.2. The van der Waals surface area contributed by atoms with Crippen LogP contribution in [-0.2, 0) is 0 Å². The van der Waals surface area contributed by atoms with Crippen LogP contribution in [0.4, 0.5) is 0 Å². The summed E-state index contributed by atoms with van der Waals surface area (Å²) in [5.41, 5.74) is 0.920. The largest absolute Gasteiger partial charge is 0.486 e. The predicted octanol–water partition coefficient (Wildman–Crippen LogP) is 2.79. The zero-order valence-electron chi connectivity index (χ0n) is 17.7. The van der Waals surface area contributed by atoms with Crippen molar-refractivity contribution in [2.24, 2.45) is 0 Å². The number of hydrogen-bond acceptors (Lipinski definition) is 6. The van der Waals surface area contributed by atoms with E-state index in [1.165, 1.54) is 9.47 Å². The van der Waals surface area contributed by atoms with Gasteiger partial charge in [0, 0.05) is 19.3 Å². The molecule has 0 spiro atoms. The molecule has 0 saturated carbocycles. The van der Waals surface area contributed by atoms with Crippen molar-refractivity contribution in [2.75, 3.05) is 27.0 Å². The molecule has 8 nitrogen and oxygen atoms in total. The highest BCUT2D eigenvalue weighted by Crippen LogP contribution is 2.33. The van der Waals surface area contributed by atoms with Gasteiger partial charge in [0.1, 0.15) is 12.2 Å².